The van der Waals surface area contributed by atoms with Gasteiger partial charge in [-0.3, -0.25) is 0 Å². The van der Waals surface area contributed by atoms with Crippen molar-refractivity contribution in [3.63, 3.8) is 0 Å². The zero-order valence-electron chi connectivity index (χ0n) is 14.3. The van der Waals surface area contributed by atoms with Crippen LogP contribution in [0.25, 0.3) is 0 Å². The first-order valence-corrected chi connectivity index (χ1v) is 7.12. The smallest absolute Gasteiger partial charge is 0.393 e. The van der Waals surface area contributed by atoms with Gasteiger partial charge in [0.2, 0.25) is 0 Å². The molecule has 3 N–H and O–H groups in total. The summed E-state index contributed by atoms with van der Waals surface area (Å²) in [7, 11) is 0. The monoisotopic (exact) mass is 330 g/mol. The van der Waals surface area contributed by atoms with E-state index in [2.05, 4.69) is 11.3 Å². The van der Waals surface area contributed by atoms with E-state index in [0.717, 1.165) is 0 Å². The van der Waals surface area contributed by atoms with Crippen LogP contribution in [0.5, 0.6) is 0 Å². The van der Waals surface area contributed by atoms with Crippen molar-refractivity contribution < 1.29 is 34.4 Å². The summed E-state index contributed by atoms with van der Waals surface area (Å²) in [6.45, 7) is 11.0. The fraction of sp³-hybridized carbons (Fsp3) is 0.625. The van der Waals surface area contributed by atoms with E-state index in [4.69, 9.17) is 9.84 Å². The maximum atomic E-state index is 12.0. The molecule has 0 aromatic carbocycles. The summed E-state index contributed by atoms with van der Waals surface area (Å²) in [4.78, 5) is 23.5. The van der Waals surface area contributed by atoms with Crippen molar-refractivity contribution in [2.24, 2.45) is 5.41 Å². The molecular formula is C16H26O7. The van der Waals surface area contributed by atoms with Crippen LogP contribution in [0, 0.1) is 5.41 Å². The second-order valence-corrected chi connectivity index (χ2v) is 6.54. The molecule has 2 atom stereocenters. The minimum Gasteiger partial charge on any atom is -0.393 e. The highest BCUT2D eigenvalue weighted by atomic mass is 16.8. The van der Waals surface area contributed by atoms with E-state index in [1.807, 2.05) is 20.8 Å². The summed E-state index contributed by atoms with van der Waals surface area (Å²) >= 11 is 0. The van der Waals surface area contributed by atoms with Crippen molar-refractivity contribution in [2.75, 3.05) is 6.61 Å². The number of hydrogen-bond donors (Lipinski definition) is 3. The third-order valence-electron chi connectivity index (χ3n) is 2.76. The van der Waals surface area contributed by atoms with Gasteiger partial charge >= 0.3 is 17.9 Å². The van der Waals surface area contributed by atoms with Gasteiger partial charge < -0.3 is 24.8 Å². The van der Waals surface area contributed by atoms with E-state index in [1.165, 1.54) is 13.8 Å². The zero-order chi connectivity index (χ0) is 18.4. The van der Waals surface area contributed by atoms with Crippen LogP contribution in [-0.2, 0) is 19.1 Å². The van der Waals surface area contributed by atoms with Gasteiger partial charge in [-0.25, -0.2) is 9.59 Å². The van der Waals surface area contributed by atoms with Crippen LogP contribution < -0.4 is 0 Å². The molecule has 132 valence electrons. The molecule has 0 saturated carbocycles. The number of allylic oxidation sites excluding steroid dienone is 1. The predicted molar refractivity (Wildman–Crippen MR) is 82.9 cm³/mol. The van der Waals surface area contributed by atoms with Gasteiger partial charge in [-0.1, -0.05) is 33.4 Å². The lowest BCUT2D eigenvalue weighted by atomic mass is 9.91. The molecule has 23 heavy (non-hydrogen) atoms. The average Bonchev–Trinajstić information content (AvgIpc) is 2.42. The minimum atomic E-state index is -3.00. The Hall–Kier alpha value is -1.70. The van der Waals surface area contributed by atoms with E-state index in [0.29, 0.717) is 6.42 Å². The number of rotatable bonds is 7. The summed E-state index contributed by atoms with van der Waals surface area (Å²) in [5, 5.41) is 28.6. The fourth-order valence-electron chi connectivity index (χ4n) is 1.25. The van der Waals surface area contributed by atoms with Crippen molar-refractivity contribution in [3.8, 4) is 0 Å². The molecule has 0 aromatic heterocycles. The molecule has 0 rings (SSSR count). The third kappa shape index (κ3) is 7.40. The Kier molecular flexibility index (Phi) is 7.63. The lowest BCUT2D eigenvalue weighted by Gasteiger charge is -2.30. The Labute approximate surface area is 136 Å². The molecule has 7 nitrogen and oxygen atoms in total. The zero-order valence-corrected chi connectivity index (χ0v) is 14.3. The molecule has 0 radical (unpaired) electrons. The van der Waals surface area contributed by atoms with Crippen molar-refractivity contribution in [1.29, 1.82) is 0 Å². The number of carbonyl (C=O) groups is 2. The Balaban J connectivity index is 5.20. The summed E-state index contributed by atoms with van der Waals surface area (Å²) in [5.41, 5.74) is 0.0222. The minimum absolute atomic E-state index is 0.0606. The molecule has 0 bridgehead atoms. The van der Waals surface area contributed by atoms with Gasteiger partial charge in [0.05, 0.1) is 6.61 Å². The SMILES string of the molecule is C=C(C)C(=O)OC(O)(OC(=O)/C(C)=C/CC(C)(C)C)C(O)CO. The molecule has 0 aliphatic rings. The van der Waals surface area contributed by atoms with Crippen LogP contribution in [0.1, 0.15) is 41.0 Å². The van der Waals surface area contributed by atoms with Crippen LogP contribution in [-0.4, -0.2) is 45.9 Å². The second kappa shape index (κ2) is 8.24. The standard InChI is InChI=1S/C16H26O7/c1-10(2)13(19)22-16(21,12(18)9-17)23-14(20)11(3)7-8-15(4,5)6/h7,12,17-18,21H,1,8-9H2,2-6H3/b11-7+. The first-order chi connectivity index (χ1) is 10.3. The van der Waals surface area contributed by atoms with E-state index in [1.54, 1.807) is 6.08 Å². The summed E-state index contributed by atoms with van der Waals surface area (Å²) in [6, 6.07) is 0. The maximum Gasteiger partial charge on any atom is 0.403 e. The topological polar surface area (TPSA) is 113 Å². The number of esters is 2. The molecule has 0 aliphatic heterocycles. The van der Waals surface area contributed by atoms with E-state index >= 15 is 0 Å². The maximum absolute atomic E-state index is 12.0. The highest BCUT2D eigenvalue weighted by Crippen LogP contribution is 2.22. The Morgan fingerprint density at radius 2 is 1.65 bits per heavy atom. The Morgan fingerprint density at radius 1 is 1.17 bits per heavy atom. The Bertz CT molecular complexity index is 487. The second-order valence-electron chi connectivity index (χ2n) is 6.54. The third-order valence-corrected chi connectivity index (χ3v) is 2.76. The van der Waals surface area contributed by atoms with Crippen LogP contribution in [0.3, 0.4) is 0 Å². The number of aliphatic hydroxyl groups excluding tert-OH is 2. The summed E-state index contributed by atoms with van der Waals surface area (Å²) in [5.74, 6) is -5.07. The highest BCUT2D eigenvalue weighted by molar-refractivity contribution is 5.89. The van der Waals surface area contributed by atoms with Crippen molar-refractivity contribution in [3.05, 3.63) is 23.8 Å². The largest absolute Gasteiger partial charge is 0.403 e. The first-order valence-electron chi connectivity index (χ1n) is 7.12. The van der Waals surface area contributed by atoms with Gasteiger partial charge in [-0.15, -0.1) is 0 Å². The normalized spacial score (nSPS) is 16.3. The summed E-state index contributed by atoms with van der Waals surface area (Å²) in [6.07, 6.45) is 0.153. The molecule has 0 amide bonds. The highest BCUT2D eigenvalue weighted by Gasteiger charge is 2.45. The number of carbonyl (C=O) groups excluding carboxylic acids is 2. The quantitative estimate of drug-likeness (QED) is 0.363. The Morgan fingerprint density at radius 3 is 2.04 bits per heavy atom. The van der Waals surface area contributed by atoms with Gasteiger partial charge in [-0.2, -0.15) is 0 Å². The molecule has 0 heterocycles. The molecule has 0 fully saturated rings. The fourth-order valence-corrected chi connectivity index (χ4v) is 1.25. The van der Waals surface area contributed by atoms with Gasteiger partial charge in [0.25, 0.3) is 0 Å². The van der Waals surface area contributed by atoms with Gasteiger partial charge in [-0.05, 0) is 25.7 Å². The van der Waals surface area contributed by atoms with Gasteiger partial charge in [0.15, 0.2) is 6.10 Å². The molecule has 2 unspecified atom stereocenters. The number of aliphatic hydroxyl groups is 3. The average molecular weight is 330 g/mol. The number of ether oxygens (including phenoxy) is 2. The molecule has 0 saturated heterocycles. The van der Waals surface area contributed by atoms with Gasteiger partial charge in [0, 0.05) is 11.1 Å². The van der Waals surface area contributed by atoms with Crippen LogP contribution in [0.2, 0.25) is 0 Å². The van der Waals surface area contributed by atoms with Crippen LogP contribution >= 0.6 is 0 Å². The molecule has 0 spiro atoms. The van der Waals surface area contributed by atoms with E-state index in [9.17, 15) is 19.8 Å². The molecular weight excluding hydrogens is 304 g/mol. The number of hydrogen-bond acceptors (Lipinski definition) is 7. The molecule has 0 aliphatic carbocycles. The van der Waals surface area contributed by atoms with Crippen LogP contribution in [0.4, 0.5) is 0 Å². The van der Waals surface area contributed by atoms with Crippen molar-refractivity contribution in [1.82, 2.24) is 0 Å². The van der Waals surface area contributed by atoms with E-state index < -0.39 is 30.6 Å². The first kappa shape index (κ1) is 21.3. The van der Waals surface area contributed by atoms with Crippen molar-refractivity contribution in [2.45, 2.75) is 53.1 Å². The predicted octanol–water partition coefficient (Wildman–Crippen LogP) is 1.03. The van der Waals surface area contributed by atoms with E-state index in [-0.39, 0.29) is 16.6 Å². The molecule has 7 heteroatoms. The van der Waals surface area contributed by atoms with Gasteiger partial charge in [0.1, 0.15) is 0 Å². The molecule has 0 aromatic rings. The van der Waals surface area contributed by atoms with Crippen LogP contribution in [0.15, 0.2) is 23.8 Å². The lowest BCUT2D eigenvalue weighted by molar-refractivity contribution is -0.361. The van der Waals surface area contributed by atoms with Crippen molar-refractivity contribution >= 4 is 11.9 Å². The summed E-state index contributed by atoms with van der Waals surface area (Å²) < 4.78 is 9.25. The lowest BCUT2D eigenvalue weighted by Crippen LogP contribution is -2.52.